The molecule has 1 aromatic heterocycles. The Kier molecular flexibility index (Phi) is 3.35. The zero-order chi connectivity index (χ0) is 13.2. The molecule has 0 atom stereocenters. The first-order valence-electron chi connectivity index (χ1n) is 6.48. The Hall–Kier alpha value is -1.66. The van der Waals surface area contributed by atoms with Gasteiger partial charge in [-0.05, 0) is 12.1 Å². The van der Waals surface area contributed by atoms with Crippen molar-refractivity contribution in [2.45, 2.75) is 6.54 Å². The number of aromatic nitrogens is 2. The van der Waals surface area contributed by atoms with Gasteiger partial charge in [-0.1, -0.05) is 0 Å². The molecular weight excluding hydrogens is 247 g/mol. The van der Waals surface area contributed by atoms with Crippen LogP contribution in [0.5, 0.6) is 0 Å². The predicted octanol–water partition coefficient (Wildman–Crippen LogP) is 0.971. The van der Waals surface area contributed by atoms with E-state index in [0.29, 0.717) is 31.8 Å². The lowest BCUT2D eigenvalue weighted by Gasteiger charge is -2.28. The molecule has 0 amide bonds. The maximum atomic E-state index is 13.3. The van der Waals surface area contributed by atoms with Crippen molar-refractivity contribution in [2.75, 3.05) is 37.7 Å². The number of benzene rings is 1. The second kappa shape index (κ2) is 5.14. The third-order valence-electron chi connectivity index (χ3n) is 3.34. The van der Waals surface area contributed by atoms with E-state index in [1.807, 2.05) is 0 Å². The summed E-state index contributed by atoms with van der Waals surface area (Å²) in [6.45, 7) is 4.20. The number of rotatable bonds is 3. The van der Waals surface area contributed by atoms with Gasteiger partial charge >= 0.3 is 0 Å². The maximum Gasteiger partial charge on any atom is 0.206 e. The molecule has 6 heteroatoms. The molecular formula is C13H17FN4O. The summed E-state index contributed by atoms with van der Waals surface area (Å²) in [4.78, 5) is 6.72. The van der Waals surface area contributed by atoms with Crippen molar-refractivity contribution < 1.29 is 9.13 Å². The van der Waals surface area contributed by atoms with E-state index in [4.69, 9.17) is 10.5 Å². The van der Waals surface area contributed by atoms with Gasteiger partial charge in [-0.15, -0.1) is 0 Å². The quantitative estimate of drug-likeness (QED) is 0.897. The smallest absolute Gasteiger partial charge is 0.206 e. The summed E-state index contributed by atoms with van der Waals surface area (Å²) in [7, 11) is 0. The van der Waals surface area contributed by atoms with Crippen LogP contribution in [0.3, 0.4) is 0 Å². The third kappa shape index (κ3) is 2.29. The summed E-state index contributed by atoms with van der Waals surface area (Å²) in [6, 6.07) is 4.68. The van der Waals surface area contributed by atoms with E-state index in [-0.39, 0.29) is 5.82 Å². The van der Waals surface area contributed by atoms with Gasteiger partial charge in [0.25, 0.3) is 0 Å². The molecule has 1 fully saturated rings. The normalized spacial score (nSPS) is 16.2. The van der Waals surface area contributed by atoms with Crippen LogP contribution in [0.15, 0.2) is 18.2 Å². The number of nitrogens with two attached hydrogens (primary N) is 1. The molecule has 0 radical (unpaired) electrons. The van der Waals surface area contributed by atoms with Gasteiger partial charge in [-0.2, -0.15) is 0 Å². The molecule has 2 N–H and O–H groups in total. The molecule has 1 saturated heterocycles. The Morgan fingerprint density at radius 1 is 1.32 bits per heavy atom. The lowest BCUT2D eigenvalue weighted by molar-refractivity contribution is 0.121. The highest BCUT2D eigenvalue weighted by atomic mass is 19.1. The molecule has 2 heterocycles. The van der Waals surface area contributed by atoms with Crippen molar-refractivity contribution in [3.63, 3.8) is 0 Å². The Morgan fingerprint density at radius 2 is 2.11 bits per heavy atom. The van der Waals surface area contributed by atoms with Crippen LogP contribution in [0.2, 0.25) is 0 Å². The molecule has 0 unspecified atom stereocenters. The van der Waals surface area contributed by atoms with Crippen molar-refractivity contribution >= 4 is 17.0 Å². The number of nitrogens with zero attached hydrogens (tertiary/aromatic N) is 3. The van der Waals surface area contributed by atoms with E-state index in [1.165, 1.54) is 12.1 Å². The average Bonchev–Trinajstić information content (AvgIpc) is 2.78. The number of ether oxygens (including phenoxy) is 1. The van der Waals surface area contributed by atoms with Gasteiger partial charge in [0.1, 0.15) is 5.82 Å². The summed E-state index contributed by atoms with van der Waals surface area (Å²) >= 11 is 0. The van der Waals surface area contributed by atoms with E-state index >= 15 is 0 Å². The van der Waals surface area contributed by atoms with Crippen molar-refractivity contribution in [3.8, 4) is 0 Å². The zero-order valence-electron chi connectivity index (χ0n) is 10.7. The van der Waals surface area contributed by atoms with Gasteiger partial charge in [0, 0.05) is 32.2 Å². The highest BCUT2D eigenvalue weighted by molar-refractivity contribution is 5.79. The van der Waals surface area contributed by atoms with Crippen molar-refractivity contribution in [2.24, 2.45) is 5.73 Å². The van der Waals surface area contributed by atoms with Crippen LogP contribution >= 0.6 is 0 Å². The fourth-order valence-electron chi connectivity index (χ4n) is 2.44. The summed E-state index contributed by atoms with van der Waals surface area (Å²) in [6.07, 6.45) is 0. The largest absolute Gasteiger partial charge is 0.378 e. The van der Waals surface area contributed by atoms with Crippen molar-refractivity contribution in [1.82, 2.24) is 9.55 Å². The molecule has 2 aromatic rings. The third-order valence-corrected chi connectivity index (χ3v) is 3.34. The fourth-order valence-corrected chi connectivity index (χ4v) is 2.44. The van der Waals surface area contributed by atoms with Gasteiger partial charge in [0.05, 0.1) is 24.2 Å². The number of anilines is 1. The Morgan fingerprint density at radius 3 is 2.84 bits per heavy atom. The first-order valence-corrected chi connectivity index (χ1v) is 6.48. The Labute approximate surface area is 110 Å². The van der Waals surface area contributed by atoms with Crippen LogP contribution in [0.1, 0.15) is 0 Å². The van der Waals surface area contributed by atoms with Gasteiger partial charge in [-0.25, -0.2) is 9.37 Å². The van der Waals surface area contributed by atoms with E-state index in [1.54, 1.807) is 6.07 Å². The van der Waals surface area contributed by atoms with Crippen LogP contribution in [0.4, 0.5) is 10.3 Å². The van der Waals surface area contributed by atoms with Crippen LogP contribution in [0, 0.1) is 5.82 Å². The van der Waals surface area contributed by atoms with Crippen molar-refractivity contribution in [1.29, 1.82) is 0 Å². The van der Waals surface area contributed by atoms with Crippen LogP contribution < -0.4 is 10.6 Å². The van der Waals surface area contributed by atoms with Crippen LogP contribution in [-0.2, 0) is 11.3 Å². The molecule has 1 aromatic carbocycles. The van der Waals surface area contributed by atoms with Crippen LogP contribution in [-0.4, -0.2) is 42.4 Å². The van der Waals surface area contributed by atoms with Crippen LogP contribution in [0.25, 0.3) is 11.0 Å². The van der Waals surface area contributed by atoms with Gasteiger partial charge in [0.15, 0.2) is 0 Å². The lowest BCUT2D eigenvalue weighted by atomic mass is 10.3. The summed E-state index contributed by atoms with van der Waals surface area (Å²) in [5.74, 6) is 0.591. The number of hydrogen-bond acceptors (Lipinski definition) is 4. The molecule has 1 aliphatic rings. The number of fused-ring (bicyclic) bond motifs is 1. The molecule has 0 bridgehead atoms. The summed E-state index contributed by atoms with van der Waals surface area (Å²) in [5.41, 5.74) is 7.27. The van der Waals surface area contributed by atoms with Gasteiger partial charge in [0.2, 0.25) is 5.95 Å². The first kappa shape index (κ1) is 12.4. The summed E-state index contributed by atoms with van der Waals surface area (Å²) < 4.78 is 20.7. The molecule has 19 heavy (non-hydrogen) atoms. The molecule has 5 nitrogen and oxygen atoms in total. The standard InChI is InChI=1S/C13H17FN4O/c14-10-1-2-12-11(9-10)16-13(18(12)4-3-15)17-5-7-19-8-6-17/h1-2,9H,3-8,15H2. The second-order valence-electron chi connectivity index (χ2n) is 4.58. The second-order valence-corrected chi connectivity index (χ2v) is 4.58. The van der Waals surface area contributed by atoms with Gasteiger partial charge < -0.3 is 19.9 Å². The van der Waals surface area contributed by atoms with E-state index in [0.717, 1.165) is 24.6 Å². The topological polar surface area (TPSA) is 56.3 Å². The fraction of sp³-hybridized carbons (Fsp3) is 0.462. The molecule has 3 rings (SSSR count). The van der Waals surface area contributed by atoms with E-state index < -0.39 is 0 Å². The van der Waals surface area contributed by atoms with E-state index in [9.17, 15) is 4.39 Å². The monoisotopic (exact) mass is 264 g/mol. The Bertz CT molecular complexity index is 577. The number of imidazole rings is 1. The van der Waals surface area contributed by atoms with Crippen molar-refractivity contribution in [3.05, 3.63) is 24.0 Å². The molecule has 0 spiro atoms. The molecule has 0 saturated carbocycles. The minimum Gasteiger partial charge on any atom is -0.378 e. The number of halogens is 1. The first-order chi connectivity index (χ1) is 9.29. The number of morpholine rings is 1. The zero-order valence-corrected chi connectivity index (χ0v) is 10.7. The van der Waals surface area contributed by atoms with Gasteiger partial charge in [-0.3, -0.25) is 0 Å². The molecule has 0 aliphatic carbocycles. The lowest BCUT2D eigenvalue weighted by Crippen LogP contribution is -2.38. The highest BCUT2D eigenvalue weighted by Gasteiger charge is 2.19. The maximum absolute atomic E-state index is 13.3. The van der Waals surface area contributed by atoms with E-state index in [2.05, 4.69) is 14.5 Å². The molecule has 102 valence electrons. The summed E-state index contributed by atoms with van der Waals surface area (Å²) in [5, 5.41) is 0. The molecule has 1 aliphatic heterocycles. The average molecular weight is 264 g/mol. The Balaban J connectivity index is 2.08. The minimum absolute atomic E-state index is 0.265. The predicted molar refractivity (Wildman–Crippen MR) is 71.8 cm³/mol. The SMILES string of the molecule is NCCn1c(N2CCOCC2)nc2cc(F)ccc21. The highest BCUT2D eigenvalue weighted by Crippen LogP contribution is 2.23. The number of hydrogen-bond donors (Lipinski definition) is 1. The minimum atomic E-state index is -0.265.